The van der Waals surface area contributed by atoms with E-state index < -0.39 is 5.97 Å². The van der Waals surface area contributed by atoms with Crippen molar-refractivity contribution in [3.05, 3.63) is 28.2 Å². The molecule has 20 heavy (non-hydrogen) atoms. The molecule has 0 aromatic heterocycles. The van der Waals surface area contributed by atoms with Crippen LogP contribution in [0, 0.1) is 17.3 Å². The number of carboxylic acid groups (broad SMARTS) is 1. The topological polar surface area (TPSA) is 74.7 Å². The van der Waals surface area contributed by atoms with Gasteiger partial charge in [-0.25, -0.2) is 9.69 Å². The van der Waals surface area contributed by atoms with Crippen LogP contribution in [0.15, 0.2) is 22.7 Å². The molecule has 1 N–H and O–H groups in total. The van der Waals surface area contributed by atoms with E-state index in [9.17, 15) is 14.4 Å². The third-order valence-corrected chi connectivity index (χ3v) is 4.65. The zero-order chi connectivity index (χ0) is 14.8. The number of carboxylic acids is 1. The fourth-order valence-corrected chi connectivity index (χ4v) is 3.51. The molecule has 2 aliphatic rings. The Balaban J connectivity index is 2.02. The highest BCUT2D eigenvalue weighted by atomic mass is 79.9. The largest absolute Gasteiger partial charge is 0.478 e. The van der Waals surface area contributed by atoms with E-state index in [1.165, 1.54) is 12.1 Å². The van der Waals surface area contributed by atoms with Crippen LogP contribution in [-0.4, -0.2) is 22.9 Å². The Bertz CT molecular complexity index is 643. The fraction of sp³-hybridized carbons (Fsp3) is 0.357. The third kappa shape index (κ3) is 1.64. The highest BCUT2D eigenvalue weighted by Crippen LogP contribution is 2.63. The highest BCUT2D eigenvalue weighted by molar-refractivity contribution is 9.10. The van der Waals surface area contributed by atoms with Crippen LogP contribution >= 0.6 is 15.9 Å². The van der Waals surface area contributed by atoms with Gasteiger partial charge in [-0.1, -0.05) is 29.8 Å². The average Bonchev–Trinajstić information content (AvgIpc) is 2.78. The van der Waals surface area contributed by atoms with Crippen molar-refractivity contribution in [2.45, 2.75) is 13.8 Å². The summed E-state index contributed by atoms with van der Waals surface area (Å²) in [5.74, 6) is -2.12. The smallest absolute Gasteiger partial charge is 0.335 e. The van der Waals surface area contributed by atoms with Crippen LogP contribution in [0.25, 0.3) is 0 Å². The Kier molecular flexibility index (Phi) is 2.60. The van der Waals surface area contributed by atoms with Gasteiger partial charge in [-0.15, -0.1) is 0 Å². The van der Waals surface area contributed by atoms with Crippen LogP contribution < -0.4 is 4.90 Å². The summed E-state index contributed by atoms with van der Waals surface area (Å²) in [7, 11) is 0. The minimum atomic E-state index is -1.10. The maximum Gasteiger partial charge on any atom is 0.335 e. The van der Waals surface area contributed by atoms with Gasteiger partial charge in [-0.2, -0.15) is 0 Å². The molecule has 2 atom stereocenters. The maximum absolute atomic E-state index is 12.3. The molecule has 0 radical (unpaired) electrons. The third-order valence-electron chi connectivity index (χ3n) is 4.19. The number of amides is 2. The Morgan fingerprint density at radius 2 is 1.75 bits per heavy atom. The Hall–Kier alpha value is -1.69. The molecular weight excluding hydrogens is 326 g/mol. The van der Waals surface area contributed by atoms with E-state index in [0.29, 0.717) is 10.2 Å². The number of carbonyl (C=O) groups is 3. The average molecular weight is 338 g/mol. The number of anilines is 1. The number of halogens is 1. The summed E-state index contributed by atoms with van der Waals surface area (Å²) in [6, 6.07) is 4.36. The normalized spacial score (nSPS) is 26.6. The quantitative estimate of drug-likeness (QED) is 0.840. The summed E-state index contributed by atoms with van der Waals surface area (Å²) in [5, 5.41) is 9.04. The van der Waals surface area contributed by atoms with Crippen LogP contribution in [0.3, 0.4) is 0 Å². The Morgan fingerprint density at radius 1 is 1.20 bits per heavy atom. The van der Waals surface area contributed by atoms with E-state index in [1.807, 2.05) is 13.8 Å². The number of hydrogen-bond acceptors (Lipinski definition) is 3. The molecule has 2 unspecified atom stereocenters. The van der Waals surface area contributed by atoms with Gasteiger partial charge in [0.2, 0.25) is 11.8 Å². The van der Waals surface area contributed by atoms with Crippen molar-refractivity contribution in [1.82, 2.24) is 0 Å². The van der Waals surface area contributed by atoms with Crippen molar-refractivity contribution < 1.29 is 19.5 Å². The molecule has 1 saturated heterocycles. The molecular formula is C14H12BrNO4. The molecule has 0 spiro atoms. The number of carbonyl (C=O) groups excluding carboxylic acids is 2. The first-order chi connectivity index (χ1) is 9.25. The number of fused-ring (bicyclic) bond motifs is 1. The second kappa shape index (κ2) is 3.91. The molecule has 1 aliphatic carbocycles. The van der Waals surface area contributed by atoms with Gasteiger partial charge in [-0.3, -0.25) is 9.59 Å². The first-order valence-electron chi connectivity index (χ1n) is 6.17. The van der Waals surface area contributed by atoms with E-state index in [2.05, 4.69) is 15.9 Å². The number of imide groups is 1. The van der Waals surface area contributed by atoms with Gasteiger partial charge in [-0.05, 0) is 23.6 Å². The van der Waals surface area contributed by atoms with Crippen molar-refractivity contribution in [2.75, 3.05) is 4.90 Å². The summed E-state index contributed by atoms with van der Waals surface area (Å²) in [4.78, 5) is 36.8. The van der Waals surface area contributed by atoms with E-state index in [1.54, 1.807) is 6.07 Å². The number of rotatable bonds is 2. The molecule has 1 saturated carbocycles. The van der Waals surface area contributed by atoms with Gasteiger partial charge < -0.3 is 5.11 Å². The van der Waals surface area contributed by atoms with E-state index in [4.69, 9.17) is 5.11 Å². The minimum absolute atomic E-state index is 0.0369. The van der Waals surface area contributed by atoms with Crippen LogP contribution in [-0.2, 0) is 9.59 Å². The predicted octanol–water partition coefficient (Wildman–Crippen LogP) is 2.29. The lowest BCUT2D eigenvalue weighted by atomic mass is 10.0. The molecule has 0 bridgehead atoms. The lowest BCUT2D eigenvalue weighted by molar-refractivity contribution is -0.125. The van der Waals surface area contributed by atoms with Gasteiger partial charge >= 0.3 is 5.97 Å². The van der Waals surface area contributed by atoms with E-state index in [0.717, 1.165) is 4.90 Å². The molecule has 1 aliphatic heterocycles. The first-order valence-corrected chi connectivity index (χ1v) is 6.96. The van der Waals surface area contributed by atoms with E-state index in [-0.39, 0.29) is 34.6 Å². The molecule has 104 valence electrons. The van der Waals surface area contributed by atoms with E-state index >= 15 is 0 Å². The van der Waals surface area contributed by atoms with Gasteiger partial charge in [0.25, 0.3) is 0 Å². The van der Waals surface area contributed by atoms with Crippen molar-refractivity contribution in [3.8, 4) is 0 Å². The van der Waals surface area contributed by atoms with Crippen molar-refractivity contribution >= 4 is 39.4 Å². The van der Waals surface area contributed by atoms with Crippen LogP contribution in [0.2, 0.25) is 0 Å². The van der Waals surface area contributed by atoms with Gasteiger partial charge in [0.15, 0.2) is 0 Å². The molecule has 1 heterocycles. The van der Waals surface area contributed by atoms with Crippen molar-refractivity contribution in [3.63, 3.8) is 0 Å². The van der Waals surface area contributed by atoms with Crippen LogP contribution in [0.5, 0.6) is 0 Å². The molecule has 6 heteroatoms. The second-order valence-corrected chi connectivity index (χ2v) is 6.71. The minimum Gasteiger partial charge on any atom is -0.478 e. The fourth-order valence-electron chi connectivity index (χ4n) is 3.03. The monoisotopic (exact) mass is 337 g/mol. The van der Waals surface area contributed by atoms with Crippen LogP contribution in [0.4, 0.5) is 5.69 Å². The zero-order valence-corrected chi connectivity index (χ0v) is 12.5. The number of hydrogen-bond donors (Lipinski definition) is 1. The Morgan fingerprint density at radius 3 is 2.25 bits per heavy atom. The lowest BCUT2D eigenvalue weighted by Gasteiger charge is -2.21. The molecule has 1 aromatic carbocycles. The van der Waals surface area contributed by atoms with Gasteiger partial charge in [0, 0.05) is 4.47 Å². The number of benzene rings is 1. The molecule has 5 nitrogen and oxygen atoms in total. The van der Waals surface area contributed by atoms with Crippen molar-refractivity contribution in [1.29, 1.82) is 0 Å². The summed E-state index contributed by atoms with van der Waals surface area (Å²) >= 11 is 3.20. The molecule has 3 rings (SSSR count). The highest BCUT2D eigenvalue weighted by Gasteiger charge is 2.72. The number of nitrogens with zero attached hydrogens (tertiary/aromatic N) is 1. The van der Waals surface area contributed by atoms with Gasteiger partial charge in [0.05, 0.1) is 23.1 Å². The second-order valence-electron chi connectivity index (χ2n) is 5.79. The van der Waals surface area contributed by atoms with Gasteiger partial charge in [0.1, 0.15) is 0 Å². The standard InChI is InChI=1S/C14H12BrNO4/c1-14(2)9-10(14)12(18)16(11(9)17)8-4-6(13(19)20)3-7(15)5-8/h3-5,9-10H,1-2H3,(H,19,20). The number of aromatic carboxylic acids is 1. The lowest BCUT2D eigenvalue weighted by Crippen LogP contribution is -2.36. The molecule has 2 fully saturated rings. The molecule has 1 aromatic rings. The van der Waals surface area contributed by atoms with Crippen molar-refractivity contribution in [2.24, 2.45) is 17.3 Å². The number of piperidine rings is 1. The predicted molar refractivity (Wildman–Crippen MR) is 74.4 cm³/mol. The summed E-state index contributed by atoms with van der Waals surface area (Å²) in [5.41, 5.74) is 0.0799. The summed E-state index contributed by atoms with van der Waals surface area (Å²) in [6.45, 7) is 3.80. The van der Waals surface area contributed by atoms with Crippen LogP contribution in [0.1, 0.15) is 24.2 Å². The zero-order valence-electron chi connectivity index (χ0n) is 10.9. The summed E-state index contributed by atoms with van der Waals surface area (Å²) in [6.07, 6.45) is 0. The molecule has 2 amide bonds. The first kappa shape index (κ1) is 13.3. The maximum atomic E-state index is 12.3. The summed E-state index contributed by atoms with van der Waals surface area (Å²) < 4.78 is 0.521. The SMILES string of the molecule is CC1(C)C2C(=O)N(c3cc(Br)cc(C(=O)O)c3)C(=O)C21. The Labute approximate surface area is 123 Å².